The van der Waals surface area contributed by atoms with Crippen LogP contribution >= 0.6 is 11.3 Å². The third-order valence-corrected chi connectivity index (χ3v) is 6.45. The molecule has 3 heterocycles. The van der Waals surface area contributed by atoms with E-state index in [4.69, 9.17) is 4.74 Å². The highest BCUT2D eigenvalue weighted by molar-refractivity contribution is 7.09. The number of likely N-dealkylation sites (tertiary alicyclic amines) is 1. The van der Waals surface area contributed by atoms with Gasteiger partial charge in [0.25, 0.3) is 5.91 Å². The Balaban J connectivity index is 1.38. The number of carbonyl (C=O) groups excluding carboxylic acids is 1. The highest BCUT2D eigenvalue weighted by atomic mass is 32.1. The smallest absolute Gasteiger partial charge is 0.273 e. The Kier molecular flexibility index (Phi) is 6.36. The van der Waals surface area contributed by atoms with E-state index in [0.29, 0.717) is 25.2 Å². The van der Waals surface area contributed by atoms with Crippen LogP contribution in [-0.2, 0) is 11.2 Å². The van der Waals surface area contributed by atoms with Gasteiger partial charge in [0.2, 0.25) is 0 Å². The number of hydrogen-bond donors (Lipinski definition) is 1. The van der Waals surface area contributed by atoms with Gasteiger partial charge in [0.15, 0.2) is 0 Å². The summed E-state index contributed by atoms with van der Waals surface area (Å²) in [4.78, 5) is 21.7. The molecule has 4 rings (SSSR count). The monoisotopic (exact) mass is 401 g/mol. The van der Waals surface area contributed by atoms with Crippen molar-refractivity contribution < 1.29 is 14.6 Å². The summed E-state index contributed by atoms with van der Waals surface area (Å²) in [5.41, 5.74) is 1.72. The molecule has 2 aliphatic rings. The van der Waals surface area contributed by atoms with E-state index < -0.39 is 6.10 Å². The third kappa shape index (κ3) is 4.60. The maximum Gasteiger partial charge on any atom is 0.273 e. The molecule has 28 heavy (non-hydrogen) atoms. The molecule has 2 aromatic rings. The highest BCUT2D eigenvalue weighted by Gasteiger charge is 2.32. The summed E-state index contributed by atoms with van der Waals surface area (Å²) in [7, 11) is 0. The molecule has 0 aliphatic carbocycles. The zero-order valence-corrected chi connectivity index (χ0v) is 16.8. The molecule has 1 aromatic carbocycles. The Hall–Kier alpha value is -1.80. The van der Waals surface area contributed by atoms with Crippen LogP contribution in [0.3, 0.4) is 0 Å². The molecule has 0 bridgehead atoms. The van der Waals surface area contributed by atoms with Gasteiger partial charge in [-0.3, -0.25) is 9.69 Å². The second-order valence-corrected chi connectivity index (χ2v) is 8.38. The highest BCUT2D eigenvalue weighted by Crippen LogP contribution is 2.21. The van der Waals surface area contributed by atoms with Gasteiger partial charge in [-0.25, -0.2) is 4.98 Å². The first kappa shape index (κ1) is 19.5. The van der Waals surface area contributed by atoms with Gasteiger partial charge in [0.05, 0.1) is 24.3 Å². The summed E-state index contributed by atoms with van der Waals surface area (Å²) < 4.78 is 5.42. The number of morpholine rings is 1. The van der Waals surface area contributed by atoms with Crippen molar-refractivity contribution in [2.45, 2.75) is 31.4 Å². The van der Waals surface area contributed by atoms with Gasteiger partial charge in [0, 0.05) is 44.0 Å². The molecule has 150 valence electrons. The standard InChI is InChI=1S/C21H27N3O3S/c25-19-7-9-24(8-6-18(19)23-10-12-27-13-11-23)21(26)17-15-28-20(22-17)14-16-4-2-1-3-5-16/h1-5,15,18-19,25H,6-14H2/t18-,19-/m0/s1. The first-order valence-corrected chi connectivity index (χ1v) is 10.9. The van der Waals surface area contributed by atoms with Crippen molar-refractivity contribution in [3.8, 4) is 0 Å². The van der Waals surface area contributed by atoms with E-state index in [1.54, 1.807) is 0 Å². The van der Waals surface area contributed by atoms with Crippen LogP contribution in [0.4, 0.5) is 0 Å². The summed E-state index contributed by atoms with van der Waals surface area (Å²) in [6.07, 6.45) is 1.74. The summed E-state index contributed by atoms with van der Waals surface area (Å²) in [6, 6.07) is 10.3. The zero-order valence-electron chi connectivity index (χ0n) is 16.0. The average Bonchev–Trinajstić information content (AvgIpc) is 3.10. The Bertz CT molecular complexity index is 776. The summed E-state index contributed by atoms with van der Waals surface area (Å²) >= 11 is 1.54. The molecule has 6 nitrogen and oxygen atoms in total. The number of benzene rings is 1. The molecule has 1 aromatic heterocycles. The second kappa shape index (κ2) is 9.13. The minimum atomic E-state index is -0.403. The van der Waals surface area contributed by atoms with E-state index in [2.05, 4.69) is 22.0 Å². The minimum absolute atomic E-state index is 0.0228. The van der Waals surface area contributed by atoms with Gasteiger partial charge >= 0.3 is 0 Å². The summed E-state index contributed by atoms with van der Waals surface area (Å²) in [5, 5.41) is 13.4. The van der Waals surface area contributed by atoms with Crippen LogP contribution < -0.4 is 0 Å². The molecule has 0 unspecified atom stereocenters. The normalized spacial score (nSPS) is 24.1. The van der Waals surface area contributed by atoms with Gasteiger partial charge in [0.1, 0.15) is 5.69 Å². The van der Waals surface area contributed by atoms with E-state index in [1.807, 2.05) is 28.5 Å². The second-order valence-electron chi connectivity index (χ2n) is 7.44. The number of carbonyl (C=O) groups is 1. The van der Waals surface area contributed by atoms with E-state index in [-0.39, 0.29) is 11.9 Å². The molecule has 2 saturated heterocycles. The molecule has 1 amide bonds. The minimum Gasteiger partial charge on any atom is -0.391 e. The number of aliphatic hydroxyl groups is 1. The van der Waals surface area contributed by atoms with Crippen LogP contribution in [0.2, 0.25) is 0 Å². The first-order valence-electron chi connectivity index (χ1n) is 9.98. The largest absolute Gasteiger partial charge is 0.391 e. The molecule has 0 spiro atoms. The Morgan fingerprint density at radius 3 is 2.68 bits per heavy atom. The Labute approximate surface area is 169 Å². The maximum absolute atomic E-state index is 13.0. The molecule has 2 atom stereocenters. The van der Waals surface area contributed by atoms with E-state index in [0.717, 1.165) is 44.2 Å². The number of hydrogen-bond acceptors (Lipinski definition) is 6. The molecule has 2 fully saturated rings. The van der Waals surface area contributed by atoms with Crippen molar-refractivity contribution in [2.24, 2.45) is 0 Å². The molecule has 7 heteroatoms. The van der Waals surface area contributed by atoms with Crippen molar-refractivity contribution in [3.05, 3.63) is 52.0 Å². The summed E-state index contributed by atoms with van der Waals surface area (Å²) in [6.45, 7) is 4.37. The van der Waals surface area contributed by atoms with Gasteiger partial charge in [-0.05, 0) is 18.4 Å². The lowest BCUT2D eigenvalue weighted by atomic mass is 10.0. The van der Waals surface area contributed by atoms with Crippen molar-refractivity contribution in [1.29, 1.82) is 0 Å². The lowest BCUT2D eigenvalue weighted by Gasteiger charge is -2.36. The Morgan fingerprint density at radius 1 is 1.14 bits per heavy atom. The zero-order chi connectivity index (χ0) is 19.3. The lowest BCUT2D eigenvalue weighted by Crippen LogP contribution is -2.49. The first-order chi connectivity index (χ1) is 13.7. The fourth-order valence-electron chi connectivity index (χ4n) is 4.03. The number of aromatic nitrogens is 1. The van der Waals surface area contributed by atoms with Crippen LogP contribution in [0.5, 0.6) is 0 Å². The van der Waals surface area contributed by atoms with E-state index in [1.165, 1.54) is 16.9 Å². The predicted octanol–water partition coefficient (Wildman–Crippen LogP) is 2.03. The molecular weight excluding hydrogens is 374 g/mol. The van der Waals surface area contributed by atoms with Crippen LogP contribution in [0, 0.1) is 0 Å². The van der Waals surface area contributed by atoms with Crippen LogP contribution in [0.25, 0.3) is 0 Å². The number of amides is 1. The van der Waals surface area contributed by atoms with Crippen LogP contribution in [0.1, 0.15) is 33.9 Å². The van der Waals surface area contributed by atoms with Crippen molar-refractivity contribution >= 4 is 17.2 Å². The fraction of sp³-hybridized carbons (Fsp3) is 0.524. The number of rotatable bonds is 4. The SMILES string of the molecule is O=C(c1csc(Cc2ccccc2)n1)N1CC[C@H](O)[C@@H](N2CCOCC2)CC1. The topological polar surface area (TPSA) is 65.9 Å². The van der Waals surface area contributed by atoms with Gasteiger partial charge in [-0.1, -0.05) is 30.3 Å². The van der Waals surface area contributed by atoms with E-state index in [9.17, 15) is 9.90 Å². The molecule has 1 N–H and O–H groups in total. The number of thiazole rings is 1. The van der Waals surface area contributed by atoms with Gasteiger partial charge < -0.3 is 14.7 Å². The molecule has 2 aliphatic heterocycles. The number of nitrogens with zero attached hydrogens (tertiary/aromatic N) is 3. The lowest BCUT2D eigenvalue weighted by molar-refractivity contribution is -0.0222. The van der Waals surface area contributed by atoms with Gasteiger partial charge in [-0.15, -0.1) is 11.3 Å². The fourth-order valence-corrected chi connectivity index (χ4v) is 4.84. The average molecular weight is 402 g/mol. The third-order valence-electron chi connectivity index (χ3n) is 5.60. The van der Waals surface area contributed by atoms with E-state index >= 15 is 0 Å². The Morgan fingerprint density at radius 2 is 1.89 bits per heavy atom. The van der Waals surface area contributed by atoms with Crippen molar-refractivity contribution in [1.82, 2.24) is 14.8 Å². The quantitative estimate of drug-likeness (QED) is 0.849. The van der Waals surface area contributed by atoms with Crippen LogP contribution in [-0.4, -0.2) is 77.3 Å². The molecule has 0 saturated carbocycles. The summed E-state index contributed by atoms with van der Waals surface area (Å²) in [5.74, 6) is -0.0228. The molecular formula is C21H27N3O3S. The van der Waals surface area contributed by atoms with Crippen LogP contribution in [0.15, 0.2) is 35.7 Å². The van der Waals surface area contributed by atoms with Crippen molar-refractivity contribution in [2.75, 3.05) is 39.4 Å². The number of aliphatic hydroxyl groups excluding tert-OH is 1. The predicted molar refractivity (Wildman–Crippen MR) is 109 cm³/mol. The van der Waals surface area contributed by atoms with Gasteiger partial charge in [-0.2, -0.15) is 0 Å². The maximum atomic E-state index is 13.0. The number of ether oxygens (including phenoxy) is 1. The van der Waals surface area contributed by atoms with Crippen molar-refractivity contribution in [3.63, 3.8) is 0 Å². The molecule has 0 radical (unpaired) electrons.